The predicted octanol–water partition coefficient (Wildman–Crippen LogP) is 1.95. The molecule has 0 saturated heterocycles. The summed E-state index contributed by atoms with van der Waals surface area (Å²) in [6.07, 6.45) is 1.86. The van der Waals surface area contributed by atoms with E-state index in [9.17, 15) is 17.6 Å². The average Bonchev–Trinajstić information content (AvgIpc) is 2.41. The number of aryl methyl sites for hydroxylation is 1. The van der Waals surface area contributed by atoms with Gasteiger partial charge in [-0.05, 0) is 30.5 Å². The van der Waals surface area contributed by atoms with Crippen molar-refractivity contribution in [2.45, 2.75) is 38.5 Å². The minimum atomic E-state index is -4.21. The van der Waals surface area contributed by atoms with Crippen molar-refractivity contribution >= 4 is 15.9 Å². The van der Waals surface area contributed by atoms with Crippen LogP contribution in [0.2, 0.25) is 0 Å². The maximum absolute atomic E-state index is 13.8. The number of hydrogen-bond acceptors (Lipinski definition) is 3. The van der Waals surface area contributed by atoms with Crippen molar-refractivity contribution in [1.82, 2.24) is 5.32 Å². The van der Waals surface area contributed by atoms with Crippen LogP contribution in [0.3, 0.4) is 0 Å². The molecule has 0 aliphatic rings. The van der Waals surface area contributed by atoms with Crippen LogP contribution in [0.5, 0.6) is 0 Å². The molecule has 0 aromatic heterocycles. The molecule has 0 unspecified atom stereocenters. The van der Waals surface area contributed by atoms with E-state index in [2.05, 4.69) is 5.32 Å². The van der Waals surface area contributed by atoms with Gasteiger partial charge in [0.25, 0.3) is 5.91 Å². The van der Waals surface area contributed by atoms with E-state index in [0.717, 1.165) is 18.9 Å². The highest BCUT2D eigenvalue weighted by Crippen LogP contribution is 2.19. The van der Waals surface area contributed by atoms with E-state index in [1.165, 1.54) is 13.0 Å². The number of carbonyl (C=O) groups is 1. The quantitative estimate of drug-likeness (QED) is 0.840. The lowest BCUT2D eigenvalue weighted by Crippen LogP contribution is -2.29. The fraction of sp³-hybridized carbons (Fsp3) is 0.500. The number of benzene rings is 1. The smallest absolute Gasteiger partial charge is 0.251 e. The van der Waals surface area contributed by atoms with E-state index in [4.69, 9.17) is 5.14 Å². The van der Waals surface area contributed by atoms with Gasteiger partial charge >= 0.3 is 0 Å². The molecule has 0 fully saturated rings. The van der Waals surface area contributed by atoms with Crippen molar-refractivity contribution in [3.63, 3.8) is 0 Å². The van der Waals surface area contributed by atoms with Crippen LogP contribution >= 0.6 is 0 Å². The summed E-state index contributed by atoms with van der Waals surface area (Å²) in [7, 11) is -4.21. The lowest BCUT2D eigenvalue weighted by Gasteiger charge is -2.14. The largest absolute Gasteiger partial charge is 0.352 e. The number of nitrogens with two attached hydrogens (primary N) is 1. The second-order valence-corrected chi connectivity index (χ2v) is 6.57. The molecule has 118 valence electrons. The maximum atomic E-state index is 13.8. The van der Waals surface area contributed by atoms with Crippen LogP contribution in [0.4, 0.5) is 4.39 Å². The minimum Gasteiger partial charge on any atom is -0.352 e. The van der Waals surface area contributed by atoms with E-state index in [0.29, 0.717) is 12.5 Å². The van der Waals surface area contributed by atoms with Gasteiger partial charge in [0.15, 0.2) is 0 Å². The summed E-state index contributed by atoms with van der Waals surface area (Å²) >= 11 is 0. The first-order valence-corrected chi connectivity index (χ1v) is 8.36. The van der Waals surface area contributed by atoms with E-state index < -0.39 is 26.6 Å². The maximum Gasteiger partial charge on any atom is 0.251 e. The molecule has 1 aromatic carbocycles. The molecule has 0 bridgehead atoms. The Morgan fingerprint density at radius 1 is 1.33 bits per heavy atom. The van der Waals surface area contributed by atoms with Gasteiger partial charge in [-0.1, -0.05) is 26.7 Å². The van der Waals surface area contributed by atoms with Gasteiger partial charge in [0.2, 0.25) is 10.0 Å². The normalized spacial score (nSPS) is 11.7. The number of rotatable bonds is 6. The van der Waals surface area contributed by atoms with Gasteiger partial charge < -0.3 is 5.32 Å². The second kappa shape index (κ2) is 7.00. The Morgan fingerprint density at radius 2 is 1.90 bits per heavy atom. The SMILES string of the molecule is CCC(CC)CNC(=O)c1cc(C)c(F)c(S(N)(=O)=O)c1. The molecular formula is C14H21FN2O3S. The third-order valence-electron chi connectivity index (χ3n) is 3.50. The van der Waals surface area contributed by atoms with Gasteiger partial charge in [-0.3, -0.25) is 4.79 Å². The highest BCUT2D eigenvalue weighted by Gasteiger charge is 2.20. The first-order valence-electron chi connectivity index (χ1n) is 6.81. The molecule has 3 N–H and O–H groups in total. The molecule has 0 heterocycles. The number of nitrogens with one attached hydrogen (secondary N) is 1. The van der Waals surface area contributed by atoms with Crippen molar-refractivity contribution in [2.75, 3.05) is 6.54 Å². The molecule has 21 heavy (non-hydrogen) atoms. The van der Waals surface area contributed by atoms with Gasteiger partial charge in [-0.25, -0.2) is 17.9 Å². The molecule has 1 aromatic rings. The number of hydrogen-bond donors (Lipinski definition) is 2. The van der Waals surface area contributed by atoms with Crippen LogP contribution in [0.25, 0.3) is 0 Å². The first-order chi connectivity index (χ1) is 9.70. The van der Waals surface area contributed by atoms with Crippen molar-refractivity contribution in [3.05, 3.63) is 29.1 Å². The molecule has 1 amide bonds. The van der Waals surface area contributed by atoms with Crippen LogP contribution in [-0.4, -0.2) is 20.9 Å². The number of primary sulfonamides is 1. The predicted molar refractivity (Wildman–Crippen MR) is 78.9 cm³/mol. The number of amides is 1. The molecule has 1 rings (SSSR count). The second-order valence-electron chi connectivity index (χ2n) is 5.04. The van der Waals surface area contributed by atoms with Crippen LogP contribution in [0.1, 0.15) is 42.6 Å². The van der Waals surface area contributed by atoms with E-state index >= 15 is 0 Å². The summed E-state index contributed by atoms with van der Waals surface area (Å²) in [4.78, 5) is 11.4. The summed E-state index contributed by atoms with van der Waals surface area (Å²) in [5.41, 5.74) is 0.151. The Bertz CT molecular complexity index is 625. The number of halogens is 1. The highest BCUT2D eigenvalue weighted by molar-refractivity contribution is 7.89. The lowest BCUT2D eigenvalue weighted by molar-refractivity contribution is 0.0946. The summed E-state index contributed by atoms with van der Waals surface area (Å²) in [6.45, 7) is 5.94. The fourth-order valence-electron chi connectivity index (χ4n) is 1.99. The van der Waals surface area contributed by atoms with Crippen molar-refractivity contribution in [1.29, 1.82) is 0 Å². The third-order valence-corrected chi connectivity index (χ3v) is 4.41. The van der Waals surface area contributed by atoms with Crippen LogP contribution < -0.4 is 10.5 Å². The average molecular weight is 316 g/mol. The van der Waals surface area contributed by atoms with Gasteiger partial charge in [0, 0.05) is 12.1 Å². The van der Waals surface area contributed by atoms with Gasteiger partial charge in [-0.2, -0.15) is 0 Å². The molecule has 0 aliphatic heterocycles. The van der Waals surface area contributed by atoms with Crippen molar-refractivity contribution in [3.8, 4) is 0 Å². The summed E-state index contributed by atoms with van der Waals surface area (Å²) in [5, 5.41) is 7.69. The highest BCUT2D eigenvalue weighted by atomic mass is 32.2. The zero-order chi connectivity index (χ0) is 16.2. The Balaban J connectivity index is 3.04. The molecule has 0 spiro atoms. The van der Waals surface area contributed by atoms with Crippen molar-refractivity contribution < 1.29 is 17.6 Å². The Kier molecular flexibility index (Phi) is 5.86. The lowest BCUT2D eigenvalue weighted by atomic mass is 10.0. The third kappa shape index (κ3) is 4.50. The summed E-state index contributed by atoms with van der Waals surface area (Å²) in [5.74, 6) is -1.00. The zero-order valence-corrected chi connectivity index (χ0v) is 13.3. The fourth-order valence-corrected chi connectivity index (χ4v) is 2.69. The molecule has 0 aliphatic carbocycles. The summed E-state index contributed by atoms with van der Waals surface area (Å²) < 4.78 is 36.5. The molecular weight excluding hydrogens is 295 g/mol. The molecule has 0 saturated carbocycles. The summed E-state index contributed by atoms with van der Waals surface area (Å²) in [6, 6.07) is 2.28. The standard InChI is InChI=1S/C14H21FN2O3S/c1-4-10(5-2)8-17-14(18)11-6-9(3)13(15)12(7-11)21(16,19)20/h6-7,10H,4-5,8H2,1-3H3,(H,17,18)(H2,16,19,20). The number of carbonyl (C=O) groups excluding carboxylic acids is 1. The van der Waals surface area contributed by atoms with E-state index in [-0.39, 0.29) is 11.1 Å². The van der Waals surface area contributed by atoms with E-state index in [1.54, 1.807) is 0 Å². The molecule has 0 radical (unpaired) electrons. The topological polar surface area (TPSA) is 89.3 Å². The number of sulfonamides is 1. The van der Waals surface area contributed by atoms with Crippen LogP contribution in [0.15, 0.2) is 17.0 Å². The van der Waals surface area contributed by atoms with Gasteiger partial charge in [0.1, 0.15) is 10.7 Å². The monoisotopic (exact) mass is 316 g/mol. The van der Waals surface area contributed by atoms with Crippen LogP contribution in [0, 0.1) is 18.7 Å². The van der Waals surface area contributed by atoms with Crippen LogP contribution in [-0.2, 0) is 10.0 Å². The van der Waals surface area contributed by atoms with Gasteiger partial charge in [0.05, 0.1) is 0 Å². The molecule has 5 nitrogen and oxygen atoms in total. The Hall–Kier alpha value is -1.47. The first kappa shape index (κ1) is 17.6. The van der Waals surface area contributed by atoms with Crippen molar-refractivity contribution in [2.24, 2.45) is 11.1 Å². The minimum absolute atomic E-state index is 0.0641. The molecule has 0 atom stereocenters. The Labute approximate surface area is 124 Å². The van der Waals surface area contributed by atoms with Gasteiger partial charge in [-0.15, -0.1) is 0 Å². The molecule has 7 heteroatoms. The Morgan fingerprint density at radius 3 is 2.38 bits per heavy atom. The zero-order valence-electron chi connectivity index (χ0n) is 12.4. The van der Waals surface area contributed by atoms with E-state index in [1.807, 2.05) is 13.8 Å².